The molecule has 0 aliphatic carbocycles. The molecule has 1 amide bonds. The summed E-state index contributed by atoms with van der Waals surface area (Å²) in [5, 5.41) is 3.98. The number of hydrogen-bond donors (Lipinski definition) is 2. The van der Waals surface area contributed by atoms with Crippen LogP contribution in [0.2, 0.25) is 1.41 Å². The zero-order valence-electron chi connectivity index (χ0n) is 8.12. The largest absolute Gasteiger partial charge is 0.366 e. The molecule has 3 unspecified atom stereocenters. The van der Waals surface area contributed by atoms with Crippen LogP contribution < -0.4 is 10.6 Å². The first-order chi connectivity index (χ1) is 6.20. The topological polar surface area (TPSA) is 50.4 Å². The van der Waals surface area contributed by atoms with Crippen LogP contribution in [-0.4, -0.2) is 37.7 Å². The number of amides is 1. The number of carbonyl (C=O) groups is 1. The fourth-order valence-corrected chi connectivity index (χ4v) is 1.45. The van der Waals surface area contributed by atoms with Gasteiger partial charge in [0.1, 0.15) is 6.58 Å². The van der Waals surface area contributed by atoms with E-state index in [9.17, 15) is 4.79 Å². The lowest BCUT2D eigenvalue weighted by atomic mass is 10.0. The van der Waals surface area contributed by atoms with E-state index in [1.165, 1.54) is 0 Å². The van der Waals surface area contributed by atoms with Crippen molar-refractivity contribution in [2.24, 2.45) is 0 Å². The van der Waals surface area contributed by atoms with E-state index >= 15 is 0 Å². The van der Waals surface area contributed by atoms with Crippen LogP contribution in [0, 0.1) is 0 Å². The molecule has 2 N–H and O–H groups in total. The minimum absolute atomic E-state index is 0.140. The summed E-state index contributed by atoms with van der Waals surface area (Å²) in [6.07, 6.45) is 0.627. The first-order valence-corrected chi connectivity index (χ1v) is 3.80. The van der Waals surface area contributed by atoms with Gasteiger partial charge in [-0.3, -0.25) is 4.79 Å². The molecule has 2 rings (SSSR count). The molecular formula is C7H12N2O2. The third-order valence-corrected chi connectivity index (χ3v) is 2.02. The normalized spacial score (nSPS) is 47.8. The second-order valence-corrected chi connectivity index (χ2v) is 2.82. The molecule has 0 bridgehead atoms. The molecule has 0 radical (unpaired) electrons. The standard InChI is InChI=1S/C7H12N2O2/c10-7-4-11-6-1-2-8-3-5(6)9-7/h5-6,8H,1-4H2,(H,9,10)/i4D/hD. The number of hydrogen-bond acceptors (Lipinski definition) is 3. The molecule has 2 heterocycles. The van der Waals surface area contributed by atoms with E-state index in [-0.39, 0.29) is 12.1 Å². The van der Waals surface area contributed by atoms with Crippen LogP contribution in [0.4, 0.5) is 0 Å². The van der Waals surface area contributed by atoms with E-state index in [0.29, 0.717) is 6.54 Å². The minimum Gasteiger partial charge on any atom is -0.366 e. The van der Waals surface area contributed by atoms with E-state index in [1.54, 1.807) is 0 Å². The number of fused-ring (bicyclic) bond motifs is 1. The molecule has 0 aromatic heterocycles. The van der Waals surface area contributed by atoms with E-state index in [4.69, 9.17) is 7.52 Å². The molecule has 4 heteroatoms. The van der Waals surface area contributed by atoms with Crippen molar-refractivity contribution in [1.29, 1.82) is 0 Å². The lowest BCUT2D eigenvalue weighted by Crippen LogP contribution is -2.59. The van der Waals surface area contributed by atoms with Gasteiger partial charge in [-0.2, -0.15) is 0 Å². The van der Waals surface area contributed by atoms with E-state index in [0.717, 1.165) is 18.3 Å². The van der Waals surface area contributed by atoms with Gasteiger partial charge in [0.2, 0.25) is 5.91 Å². The third kappa shape index (κ3) is 1.36. The van der Waals surface area contributed by atoms with Crippen molar-refractivity contribution in [2.75, 3.05) is 19.7 Å². The molecule has 62 valence electrons. The average Bonchev–Trinajstić information content (AvgIpc) is 2.15. The second kappa shape index (κ2) is 2.79. The van der Waals surface area contributed by atoms with Crippen molar-refractivity contribution in [2.45, 2.75) is 18.6 Å². The van der Waals surface area contributed by atoms with Crippen molar-refractivity contribution in [1.82, 2.24) is 10.6 Å². The maximum Gasteiger partial charge on any atom is 0.246 e. The van der Waals surface area contributed by atoms with Crippen molar-refractivity contribution in [3.05, 3.63) is 0 Å². The molecule has 11 heavy (non-hydrogen) atoms. The summed E-state index contributed by atoms with van der Waals surface area (Å²) in [5.74, 6) is -0.565. The predicted molar refractivity (Wildman–Crippen MR) is 39.2 cm³/mol. The number of rotatable bonds is 0. The van der Waals surface area contributed by atoms with E-state index < -0.39 is 12.5 Å². The van der Waals surface area contributed by atoms with Crippen LogP contribution in [0.3, 0.4) is 0 Å². The fourth-order valence-electron chi connectivity index (χ4n) is 1.45. The van der Waals surface area contributed by atoms with Gasteiger partial charge in [0.25, 0.3) is 0 Å². The second-order valence-electron chi connectivity index (χ2n) is 2.82. The summed E-state index contributed by atoms with van der Waals surface area (Å²) >= 11 is 0. The molecule has 4 nitrogen and oxygen atoms in total. The fraction of sp³-hybridized carbons (Fsp3) is 0.857. The summed E-state index contributed by atoms with van der Waals surface area (Å²) in [7, 11) is 0. The van der Waals surface area contributed by atoms with E-state index in [1.807, 2.05) is 0 Å². The SMILES string of the molecule is [2H]C1OC2CCNCC2N([2H])C1=O. The first-order valence-electron chi connectivity index (χ1n) is 4.83. The van der Waals surface area contributed by atoms with E-state index in [2.05, 4.69) is 5.32 Å². The summed E-state index contributed by atoms with van der Waals surface area (Å²) in [6.45, 7) is 0.222. The molecule has 0 saturated carbocycles. The number of piperidine rings is 1. The highest BCUT2D eigenvalue weighted by molar-refractivity contribution is 5.78. The zero-order chi connectivity index (χ0) is 9.42. The number of carbonyl (C=O) groups excluding carboxylic acids is 1. The maximum atomic E-state index is 11.2. The van der Waals surface area contributed by atoms with Gasteiger partial charge in [0.05, 0.1) is 13.5 Å². The summed E-state index contributed by atoms with van der Waals surface area (Å²) in [5.41, 5.74) is 0. The van der Waals surface area contributed by atoms with Gasteiger partial charge < -0.3 is 15.4 Å². The first kappa shape index (κ1) is 5.11. The average molecular weight is 158 g/mol. The van der Waals surface area contributed by atoms with Gasteiger partial charge in [-0.05, 0) is 13.0 Å². The highest BCUT2D eigenvalue weighted by Gasteiger charge is 2.31. The summed E-state index contributed by atoms with van der Waals surface area (Å²) < 4.78 is 19.9. The van der Waals surface area contributed by atoms with Gasteiger partial charge >= 0.3 is 0 Å². The van der Waals surface area contributed by atoms with Crippen molar-refractivity contribution in [3.8, 4) is 0 Å². The Morgan fingerprint density at radius 3 is 3.64 bits per heavy atom. The van der Waals surface area contributed by atoms with Crippen molar-refractivity contribution < 1.29 is 12.3 Å². The van der Waals surface area contributed by atoms with Gasteiger partial charge in [-0.1, -0.05) is 0 Å². The van der Waals surface area contributed by atoms with Gasteiger partial charge in [0.15, 0.2) is 1.41 Å². The molecule has 2 aliphatic heterocycles. The lowest BCUT2D eigenvalue weighted by molar-refractivity contribution is -0.138. The van der Waals surface area contributed by atoms with Crippen LogP contribution >= 0.6 is 0 Å². The van der Waals surface area contributed by atoms with Crippen molar-refractivity contribution >= 4 is 5.91 Å². The Kier molecular flexibility index (Phi) is 1.30. The molecule has 0 aromatic carbocycles. The Bertz CT molecular complexity index is 227. The Morgan fingerprint density at radius 1 is 1.82 bits per heavy atom. The van der Waals surface area contributed by atoms with Crippen LogP contribution in [0.25, 0.3) is 0 Å². The van der Waals surface area contributed by atoms with Crippen molar-refractivity contribution in [3.63, 3.8) is 0 Å². The minimum atomic E-state index is -1.20. The Balaban J connectivity index is 2.12. The van der Waals surface area contributed by atoms with Crippen LogP contribution in [0.15, 0.2) is 0 Å². The molecule has 0 spiro atoms. The van der Waals surface area contributed by atoms with Crippen LogP contribution in [0.5, 0.6) is 0 Å². The van der Waals surface area contributed by atoms with Gasteiger partial charge in [-0.25, -0.2) is 0 Å². The van der Waals surface area contributed by atoms with Gasteiger partial charge in [0, 0.05) is 6.54 Å². The molecule has 2 fully saturated rings. The maximum absolute atomic E-state index is 11.2. The quantitative estimate of drug-likeness (QED) is 0.468. The monoisotopic (exact) mass is 158 g/mol. The number of morpholine rings is 1. The number of nitrogens with one attached hydrogen (secondary N) is 2. The Hall–Kier alpha value is -0.610. The number of ether oxygens (including phenoxy) is 1. The smallest absolute Gasteiger partial charge is 0.246 e. The lowest BCUT2D eigenvalue weighted by Gasteiger charge is -2.35. The highest BCUT2D eigenvalue weighted by atomic mass is 16.5. The molecule has 0 aromatic rings. The molecular weight excluding hydrogens is 144 g/mol. The third-order valence-electron chi connectivity index (χ3n) is 2.02. The van der Waals surface area contributed by atoms with Crippen LogP contribution in [-0.2, 0) is 9.53 Å². The summed E-state index contributed by atoms with van der Waals surface area (Å²) in [4.78, 5) is 11.2. The Labute approximate surface area is 68.2 Å². The molecule has 2 saturated heterocycles. The summed E-state index contributed by atoms with van der Waals surface area (Å²) in [6, 6.07) is -0.220. The van der Waals surface area contributed by atoms with Gasteiger partial charge in [-0.15, -0.1) is 0 Å². The zero-order valence-corrected chi connectivity index (χ0v) is 6.12. The molecule has 2 aliphatic rings. The van der Waals surface area contributed by atoms with Crippen LogP contribution in [0.1, 0.15) is 7.79 Å². The Morgan fingerprint density at radius 2 is 2.73 bits per heavy atom. The predicted octanol–water partition coefficient (Wildman–Crippen LogP) is -1.14. The highest BCUT2D eigenvalue weighted by Crippen LogP contribution is 2.11. The molecule has 3 atom stereocenters.